The lowest BCUT2D eigenvalue weighted by atomic mass is 10.1. The number of carbonyl (C=O) groups is 1. The van der Waals surface area contributed by atoms with Crippen LogP contribution in [-0.4, -0.2) is 40.7 Å². The molecule has 3 rings (SSSR count). The van der Waals surface area contributed by atoms with Gasteiger partial charge in [0.15, 0.2) is 0 Å². The molecule has 0 aliphatic rings. The number of nitrogens with zero attached hydrogens (tertiary/aromatic N) is 3. The van der Waals surface area contributed by atoms with Gasteiger partial charge >= 0.3 is 0 Å². The Bertz CT molecular complexity index is 874. The van der Waals surface area contributed by atoms with E-state index >= 15 is 0 Å². The van der Waals surface area contributed by atoms with Crippen molar-refractivity contribution in [2.75, 3.05) is 20.1 Å². The summed E-state index contributed by atoms with van der Waals surface area (Å²) in [5.74, 6) is 0.0649. The Kier molecular flexibility index (Phi) is 6.98. The van der Waals surface area contributed by atoms with Gasteiger partial charge in [-0.1, -0.05) is 48.5 Å². The Labute approximate surface area is 167 Å². The van der Waals surface area contributed by atoms with Crippen LogP contribution < -0.4 is 5.32 Å². The Hall–Kier alpha value is -2.92. The van der Waals surface area contributed by atoms with Gasteiger partial charge in [0.2, 0.25) is 5.91 Å². The summed E-state index contributed by atoms with van der Waals surface area (Å²) >= 11 is 0. The molecule has 5 heteroatoms. The first-order valence-electron chi connectivity index (χ1n) is 9.71. The molecule has 28 heavy (non-hydrogen) atoms. The third-order valence-electron chi connectivity index (χ3n) is 4.68. The number of rotatable bonds is 9. The number of hydrogen-bond acceptors (Lipinski definition) is 3. The zero-order chi connectivity index (χ0) is 19.8. The van der Waals surface area contributed by atoms with Gasteiger partial charge in [0, 0.05) is 19.3 Å². The fourth-order valence-corrected chi connectivity index (χ4v) is 3.21. The molecule has 1 heterocycles. The van der Waals surface area contributed by atoms with Crippen molar-refractivity contribution in [1.29, 1.82) is 0 Å². The van der Waals surface area contributed by atoms with Gasteiger partial charge in [0.1, 0.15) is 0 Å². The number of nitrogens with one attached hydrogen (secondary N) is 1. The molecule has 1 aromatic heterocycles. The van der Waals surface area contributed by atoms with Crippen molar-refractivity contribution in [3.05, 3.63) is 83.7 Å². The molecule has 0 aliphatic heterocycles. The SMILES string of the molecule is Cc1nn(-c2ccccc2)cc1CCCNC(=O)CN(C)Cc1ccccc1. The molecule has 3 aromatic rings. The third kappa shape index (κ3) is 5.79. The Morgan fingerprint density at radius 1 is 1.07 bits per heavy atom. The van der Waals surface area contributed by atoms with Crippen LogP contribution in [0, 0.1) is 6.92 Å². The van der Waals surface area contributed by atoms with E-state index < -0.39 is 0 Å². The van der Waals surface area contributed by atoms with Crippen LogP contribution in [0.4, 0.5) is 0 Å². The molecule has 5 nitrogen and oxygen atoms in total. The Morgan fingerprint density at radius 3 is 2.46 bits per heavy atom. The van der Waals surface area contributed by atoms with Gasteiger partial charge in [-0.15, -0.1) is 0 Å². The van der Waals surface area contributed by atoms with Crippen LogP contribution in [0.25, 0.3) is 5.69 Å². The van der Waals surface area contributed by atoms with Gasteiger partial charge < -0.3 is 5.32 Å². The normalized spacial score (nSPS) is 11.0. The summed E-state index contributed by atoms with van der Waals surface area (Å²) in [4.78, 5) is 14.2. The molecule has 0 saturated carbocycles. The van der Waals surface area contributed by atoms with E-state index in [0.717, 1.165) is 30.8 Å². The lowest BCUT2D eigenvalue weighted by Gasteiger charge is -2.16. The van der Waals surface area contributed by atoms with Gasteiger partial charge in [-0.05, 0) is 50.1 Å². The van der Waals surface area contributed by atoms with Gasteiger partial charge in [0.05, 0.1) is 17.9 Å². The summed E-state index contributed by atoms with van der Waals surface area (Å²) in [6.45, 7) is 3.88. The summed E-state index contributed by atoms with van der Waals surface area (Å²) in [7, 11) is 1.97. The fraction of sp³-hybridized carbons (Fsp3) is 0.304. The van der Waals surface area contributed by atoms with E-state index in [0.29, 0.717) is 13.1 Å². The number of hydrogen-bond donors (Lipinski definition) is 1. The highest BCUT2D eigenvalue weighted by molar-refractivity contribution is 5.77. The maximum absolute atomic E-state index is 12.1. The van der Waals surface area contributed by atoms with Gasteiger partial charge in [-0.25, -0.2) is 4.68 Å². The van der Waals surface area contributed by atoms with Gasteiger partial charge in [-0.3, -0.25) is 9.69 Å². The molecule has 0 radical (unpaired) electrons. The van der Waals surface area contributed by atoms with Crippen LogP contribution in [0.2, 0.25) is 0 Å². The molecular weight excluding hydrogens is 348 g/mol. The van der Waals surface area contributed by atoms with Crippen LogP contribution in [0.5, 0.6) is 0 Å². The maximum Gasteiger partial charge on any atom is 0.234 e. The summed E-state index contributed by atoms with van der Waals surface area (Å²) in [6.07, 6.45) is 3.88. The highest BCUT2D eigenvalue weighted by Crippen LogP contribution is 2.13. The van der Waals surface area contributed by atoms with Crippen LogP contribution in [0.15, 0.2) is 66.9 Å². The lowest BCUT2D eigenvalue weighted by molar-refractivity contribution is -0.122. The van der Waals surface area contributed by atoms with Crippen molar-refractivity contribution < 1.29 is 4.79 Å². The second kappa shape index (κ2) is 9.85. The number of aryl methyl sites for hydroxylation is 2. The minimum atomic E-state index is 0.0649. The molecule has 0 spiro atoms. The first kappa shape index (κ1) is 19.8. The average Bonchev–Trinajstić information content (AvgIpc) is 3.07. The molecule has 0 unspecified atom stereocenters. The van der Waals surface area contributed by atoms with E-state index in [1.165, 1.54) is 11.1 Å². The van der Waals surface area contributed by atoms with Crippen molar-refractivity contribution >= 4 is 5.91 Å². The minimum Gasteiger partial charge on any atom is -0.355 e. The molecule has 146 valence electrons. The van der Waals surface area contributed by atoms with Crippen LogP contribution in [0.1, 0.15) is 23.2 Å². The zero-order valence-corrected chi connectivity index (χ0v) is 16.6. The van der Waals surface area contributed by atoms with E-state index in [4.69, 9.17) is 0 Å². The average molecular weight is 377 g/mol. The predicted molar refractivity (Wildman–Crippen MR) is 112 cm³/mol. The minimum absolute atomic E-state index is 0.0649. The number of benzene rings is 2. The highest BCUT2D eigenvalue weighted by Gasteiger charge is 2.08. The van der Waals surface area contributed by atoms with Crippen molar-refractivity contribution in [2.45, 2.75) is 26.3 Å². The molecule has 0 bridgehead atoms. The van der Waals surface area contributed by atoms with E-state index in [1.54, 1.807) is 0 Å². The lowest BCUT2D eigenvalue weighted by Crippen LogP contribution is -2.35. The second-order valence-corrected chi connectivity index (χ2v) is 7.13. The van der Waals surface area contributed by atoms with E-state index in [2.05, 4.69) is 28.7 Å². The second-order valence-electron chi connectivity index (χ2n) is 7.13. The standard InChI is InChI=1S/C23H28N4O/c1-19-21(17-27(25-19)22-13-7-4-8-14-22)12-9-15-24-23(28)18-26(2)16-20-10-5-3-6-11-20/h3-8,10-11,13-14,17H,9,12,15-16,18H2,1-2H3,(H,24,28). The topological polar surface area (TPSA) is 50.2 Å². The van der Waals surface area contributed by atoms with Gasteiger partial charge in [0.25, 0.3) is 0 Å². The van der Waals surface area contributed by atoms with Crippen molar-refractivity contribution in [3.8, 4) is 5.69 Å². The van der Waals surface area contributed by atoms with Crippen LogP contribution in [-0.2, 0) is 17.8 Å². The van der Waals surface area contributed by atoms with Crippen LogP contribution in [0.3, 0.4) is 0 Å². The summed E-state index contributed by atoms with van der Waals surface area (Å²) in [6, 6.07) is 20.3. The summed E-state index contributed by atoms with van der Waals surface area (Å²) in [5, 5.41) is 7.62. The molecule has 0 fully saturated rings. The number of aromatic nitrogens is 2. The zero-order valence-electron chi connectivity index (χ0n) is 16.6. The first-order valence-corrected chi connectivity index (χ1v) is 9.71. The summed E-state index contributed by atoms with van der Waals surface area (Å²) in [5.41, 5.74) is 4.53. The third-order valence-corrected chi connectivity index (χ3v) is 4.68. The highest BCUT2D eigenvalue weighted by atomic mass is 16.2. The van der Waals surface area contributed by atoms with Crippen LogP contribution >= 0.6 is 0 Å². The monoisotopic (exact) mass is 376 g/mol. The molecule has 0 aliphatic carbocycles. The molecule has 2 aromatic carbocycles. The number of likely N-dealkylation sites (N-methyl/N-ethyl adjacent to an activating group) is 1. The Morgan fingerprint density at radius 2 is 1.75 bits per heavy atom. The molecule has 0 saturated heterocycles. The Balaban J connectivity index is 1.39. The quantitative estimate of drug-likeness (QED) is 0.583. The fourth-order valence-electron chi connectivity index (χ4n) is 3.21. The van der Waals surface area contributed by atoms with E-state index in [9.17, 15) is 4.79 Å². The van der Waals surface area contributed by atoms with Crippen molar-refractivity contribution in [1.82, 2.24) is 20.0 Å². The van der Waals surface area contributed by atoms with E-state index in [1.807, 2.05) is 72.1 Å². The van der Waals surface area contributed by atoms with Crippen molar-refractivity contribution in [3.63, 3.8) is 0 Å². The molecular formula is C23H28N4O. The van der Waals surface area contributed by atoms with E-state index in [-0.39, 0.29) is 5.91 Å². The van der Waals surface area contributed by atoms with Crippen molar-refractivity contribution in [2.24, 2.45) is 0 Å². The first-order chi connectivity index (χ1) is 13.6. The summed E-state index contributed by atoms with van der Waals surface area (Å²) < 4.78 is 1.92. The smallest absolute Gasteiger partial charge is 0.234 e. The number of amides is 1. The molecule has 1 amide bonds. The number of carbonyl (C=O) groups excluding carboxylic acids is 1. The predicted octanol–water partition coefficient (Wildman–Crippen LogP) is 3.36. The molecule has 1 N–H and O–H groups in total. The molecule has 0 atom stereocenters. The number of para-hydroxylation sites is 1. The maximum atomic E-state index is 12.1. The largest absolute Gasteiger partial charge is 0.355 e. The van der Waals surface area contributed by atoms with Gasteiger partial charge in [-0.2, -0.15) is 5.10 Å².